The van der Waals surface area contributed by atoms with Crippen molar-refractivity contribution in [2.45, 2.75) is 6.92 Å². The summed E-state index contributed by atoms with van der Waals surface area (Å²) in [5, 5.41) is 3.27. The van der Waals surface area contributed by atoms with E-state index in [0.29, 0.717) is 11.1 Å². The van der Waals surface area contributed by atoms with E-state index in [-0.39, 0.29) is 11.1 Å². The fourth-order valence-corrected chi connectivity index (χ4v) is 6.60. The lowest BCUT2D eigenvalue weighted by Crippen LogP contribution is -2.12. The summed E-state index contributed by atoms with van der Waals surface area (Å²) in [4.78, 5) is 30.6. The van der Waals surface area contributed by atoms with E-state index in [1.54, 1.807) is 0 Å². The van der Waals surface area contributed by atoms with Gasteiger partial charge in [-0.05, 0) is 55.0 Å². The van der Waals surface area contributed by atoms with Gasteiger partial charge in [-0.15, -0.1) is 0 Å². The number of nitrogens with zero attached hydrogens (tertiary/aromatic N) is 3. The Balaban J connectivity index is 1.67. The third-order valence-electron chi connectivity index (χ3n) is 8.52. The minimum atomic E-state index is -0.614. The Bertz CT molecular complexity index is 2320. The molecule has 3 aromatic heterocycles. The molecule has 230 valence electrons. The van der Waals surface area contributed by atoms with Crippen LogP contribution in [0.2, 0.25) is 0 Å². The number of methoxy groups -OCH3 is 2. The lowest BCUT2D eigenvalue weighted by atomic mass is 9.95. The quantitative estimate of drug-likeness (QED) is 0.167. The molecule has 47 heavy (non-hydrogen) atoms. The Morgan fingerprint density at radius 3 is 1.70 bits per heavy atom. The van der Waals surface area contributed by atoms with Gasteiger partial charge in [0.05, 0.1) is 47.6 Å². The van der Waals surface area contributed by atoms with Crippen molar-refractivity contribution in [2.75, 3.05) is 14.2 Å². The molecule has 0 saturated carbocycles. The Kier molecular flexibility index (Phi) is 7.50. The van der Waals surface area contributed by atoms with Crippen LogP contribution in [0.4, 0.5) is 0 Å². The van der Waals surface area contributed by atoms with Gasteiger partial charge in [0.25, 0.3) is 0 Å². The maximum atomic E-state index is 13.2. The Hall–Kier alpha value is -6.21. The van der Waals surface area contributed by atoms with Crippen molar-refractivity contribution in [1.82, 2.24) is 14.1 Å². The molecule has 0 atom stereocenters. The number of pyridine rings is 1. The van der Waals surface area contributed by atoms with E-state index in [2.05, 4.69) is 69.2 Å². The zero-order valence-electron chi connectivity index (χ0n) is 26.2. The zero-order chi connectivity index (χ0) is 32.7. The predicted molar refractivity (Wildman–Crippen MR) is 188 cm³/mol. The smallest absolute Gasteiger partial charge is 0.340 e. The second-order valence-corrected chi connectivity index (χ2v) is 11.1. The number of rotatable bonds is 7. The third-order valence-corrected chi connectivity index (χ3v) is 8.52. The molecule has 0 aliphatic rings. The van der Waals surface area contributed by atoms with Gasteiger partial charge in [-0.1, -0.05) is 73.3 Å². The highest BCUT2D eigenvalue weighted by Gasteiger charge is 2.25. The molecule has 7 heteroatoms. The van der Waals surface area contributed by atoms with Gasteiger partial charge < -0.3 is 18.6 Å². The fraction of sp³-hybridized carbons (Fsp3) is 0.0750. The first kappa shape index (κ1) is 29.5. The van der Waals surface area contributed by atoms with E-state index in [1.165, 1.54) is 26.6 Å². The van der Waals surface area contributed by atoms with Gasteiger partial charge in [-0.2, -0.15) is 0 Å². The Labute approximate surface area is 271 Å². The summed E-state index contributed by atoms with van der Waals surface area (Å²) in [6.45, 7) is 6.13. The number of para-hydroxylation sites is 3. The molecule has 7 aromatic rings. The molecule has 0 spiro atoms. The maximum absolute atomic E-state index is 13.2. The molecule has 0 bridgehead atoms. The van der Waals surface area contributed by atoms with Gasteiger partial charge in [0.15, 0.2) is 0 Å². The molecule has 4 aromatic carbocycles. The van der Waals surface area contributed by atoms with E-state index >= 15 is 0 Å². The van der Waals surface area contributed by atoms with Gasteiger partial charge >= 0.3 is 11.9 Å². The molecule has 0 amide bonds. The number of esters is 2. The lowest BCUT2D eigenvalue weighted by molar-refractivity contribution is 0.0600. The van der Waals surface area contributed by atoms with Gasteiger partial charge in [0.1, 0.15) is 0 Å². The van der Waals surface area contributed by atoms with Crippen LogP contribution < -0.4 is 0 Å². The summed E-state index contributed by atoms with van der Waals surface area (Å²) >= 11 is 0. The standard InChI is InChI=1S/C40H31N3O4/c1-5-13-34-28(6-2)29-14-7-10-17-35(29)42(34)26-20-25(38-32(39(44)46-3)23-41-24-33(38)40(45)47-4)21-27(22-26)43-36-18-11-8-15-30(36)31-16-9-12-19-37(31)43/h5-24H,2H2,1,3-4H3/b13-5-. The van der Waals surface area contributed by atoms with Crippen LogP contribution in [0.15, 0.2) is 116 Å². The average molecular weight is 618 g/mol. The van der Waals surface area contributed by atoms with Crippen molar-refractivity contribution in [2.24, 2.45) is 0 Å². The van der Waals surface area contributed by atoms with Crippen LogP contribution in [-0.2, 0) is 9.47 Å². The van der Waals surface area contributed by atoms with Crippen molar-refractivity contribution in [3.05, 3.63) is 138 Å². The van der Waals surface area contributed by atoms with Crippen LogP contribution >= 0.6 is 0 Å². The van der Waals surface area contributed by atoms with Gasteiger partial charge in [0.2, 0.25) is 0 Å². The average Bonchev–Trinajstić information content (AvgIpc) is 3.62. The molecular weight excluding hydrogens is 586 g/mol. The van der Waals surface area contributed by atoms with E-state index in [0.717, 1.165) is 55.3 Å². The number of carbonyl (C=O) groups is 2. The van der Waals surface area contributed by atoms with Crippen LogP contribution in [0.3, 0.4) is 0 Å². The molecule has 7 rings (SSSR count). The topological polar surface area (TPSA) is 75.3 Å². The number of hydrogen-bond donors (Lipinski definition) is 0. The summed E-state index contributed by atoms with van der Waals surface area (Å²) < 4.78 is 14.7. The molecule has 0 unspecified atom stereocenters. The fourth-order valence-electron chi connectivity index (χ4n) is 6.60. The van der Waals surface area contributed by atoms with Crippen LogP contribution in [-0.4, -0.2) is 40.3 Å². The van der Waals surface area contributed by atoms with Crippen LogP contribution in [0, 0.1) is 0 Å². The Morgan fingerprint density at radius 1 is 0.702 bits per heavy atom. The van der Waals surface area contributed by atoms with Crippen molar-refractivity contribution in [1.29, 1.82) is 0 Å². The van der Waals surface area contributed by atoms with Crippen molar-refractivity contribution in [3.8, 4) is 22.5 Å². The van der Waals surface area contributed by atoms with E-state index in [9.17, 15) is 9.59 Å². The van der Waals surface area contributed by atoms with Gasteiger partial charge in [-0.25, -0.2) is 9.59 Å². The van der Waals surface area contributed by atoms with E-state index in [4.69, 9.17) is 9.47 Å². The van der Waals surface area contributed by atoms with Crippen LogP contribution in [0.5, 0.6) is 0 Å². The van der Waals surface area contributed by atoms with Gasteiger partial charge in [0, 0.05) is 51.1 Å². The minimum Gasteiger partial charge on any atom is -0.465 e. The molecule has 0 radical (unpaired) electrons. The van der Waals surface area contributed by atoms with Crippen molar-refractivity contribution in [3.63, 3.8) is 0 Å². The number of allylic oxidation sites excluding steroid dienone is 1. The number of fused-ring (bicyclic) bond motifs is 4. The molecule has 0 aliphatic heterocycles. The highest BCUT2D eigenvalue weighted by molar-refractivity contribution is 6.10. The van der Waals surface area contributed by atoms with Crippen molar-refractivity contribution >= 4 is 56.8 Å². The predicted octanol–water partition coefficient (Wildman–Crippen LogP) is 9.04. The normalized spacial score (nSPS) is 11.5. The molecule has 7 nitrogen and oxygen atoms in total. The van der Waals surface area contributed by atoms with E-state index in [1.807, 2.05) is 67.6 Å². The maximum Gasteiger partial charge on any atom is 0.340 e. The van der Waals surface area contributed by atoms with Crippen LogP contribution in [0.25, 0.3) is 67.4 Å². The van der Waals surface area contributed by atoms with Crippen LogP contribution in [0.1, 0.15) is 38.9 Å². The number of aromatic nitrogens is 3. The molecule has 3 heterocycles. The molecular formula is C40H31N3O4. The third kappa shape index (κ3) is 4.71. The van der Waals surface area contributed by atoms with E-state index < -0.39 is 11.9 Å². The minimum absolute atomic E-state index is 0.151. The first-order valence-electron chi connectivity index (χ1n) is 15.2. The first-order valence-corrected chi connectivity index (χ1v) is 15.2. The number of benzene rings is 4. The number of ether oxygens (including phenoxy) is 2. The largest absolute Gasteiger partial charge is 0.465 e. The number of carbonyl (C=O) groups excluding carboxylic acids is 2. The molecule has 0 N–H and O–H groups in total. The van der Waals surface area contributed by atoms with Gasteiger partial charge in [-0.3, -0.25) is 4.98 Å². The van der Waals surface area contributed by atoms with Crippen molar-refractivity contribution < 1.29 is 19.1 Å². The summed E-state index contributed by atoms with van der Waals surface area (Å²) in [5.41, 5.74) is 7.91. The highest BCUT2D eigenvalue weighted by atomic mass is 16.5. The number of hydrogen-bond acceptors (Lipinski definition) is 5. The first-order chi connectivity index (χ1) is 23.0. The monoisotopic (exact) mass is 617 g/mol. The summed E-state index contributed by atoms with van der Waals surface area (Å²) in [6, 6.07) is 30.8. The summed E-state index contributed by atoms with van der Waals surface area (Å²) in [5.74, 6) is -1.23. The molecule has 0 saturated heterocycles. The summed E-state index contributed by atoms with van der Waals surface area (Å²) in [6.07, 6.45) is 8.79. The second-order valence-electron chi connectivity index (χ2n) is 11.1. The highest BCUT2D eigenvalue weighted by Crippen LogP contribution is 2.39. The molecule has 0 fully saturated rings. The SMILES string of the molecule is C=Cc1c(/C=C\C)n(-c2cc(-c3c(C(=O)OC)cncc3C(=O)OC)cc(-n3c4ccccc4c4ccccc43)c2)c2ccccc12. The Morgan fingerprint density at radius 2 is 1.19 bits per heavy atom. The lowest BCUT2D eigenvalue weighted by Gasteiger charge is -2.18. The second kappa shape index (κ2) is 11.9. The zero-order valence-corrected chi connectivity index (χ0v) is 26.2. The summed E-state index contributed by atoms with van der Waals surface area (Å²) in [7, 11) is 2.62. The molecule has 0 aliphatic carbocycles.